The molecule has 32 heavy (non-hydrogen) atoms. The first-order valence-corrected chi connectivity index (χ1v) is 12.3. The Kier molecular flexibility index (Phi) is 9.07. The van der Waals surface area contributed by atoms with Gasteiger partial charge in [-0.05, 0) is 38.5 Å². The van der Waals surface area contributed by atoms with E-state index in [1.54, 1.807) is 45.0 Å². The molecule has 0 unspecified atom stereocenters. The van der Waals surface area contributed by atoms with E-state index >= 15 is 0 Å². The number of amides is 2. The summed E-state index contributed by atoms with van der Waals surface area (Å²) < 4.78 is 31.9. The normalized spacial score (nSPS) is 12.0. The second-order valence-electron chi connectivity index (χ2n) is 7.25. The molecule has 0 saturated heterocycles. The molecule has 174 valence electrons. The Morgan fingerprint density at radius 1 is 1.03 bits per heavy atom. The fraction of sp³-hybridized carbons (Fsp3) is 0.391. The van der Waals surface area contributed by atoms with Crippen LogP contribution in [0.3, 0.4) is 0 Å². The fourth-order valence-electron chi connectivity index (χ4n) is 3.22. The number of anilines is 1. The predicted molar refractivity (Wildman–Crippen MR) is 125 cm³/mol. The number of rotatable bonds is 11. The van der Waals surface area contributed by atoms with Gasteiger partial charge in [0.2, 0.25) is 21.8 Å². The Labute approximate surface area is 190 Å². The van der Waals surface area contributed by atoms with Gasteiger partial charge in [-0.2, -0.15) is 0 Å². The first-order valence-electron chi connectivity index (χ1n) is 10.5. The molecule has 1 atom stereocenters. The van der Waals surface area contributed by atoms with Gasteiger partial charge in [-0.25, -0.2) is 8.42 Å². The van der Waals surface area contributed by atoms with Crippen LogP contribution >= 0.6 is 0 Å². The van der Waals surface area contributed by atoms with E-state index in [1.807, 2.05) is 30.3 Å². The summed E-state index contributed by atoms with van der Waals surface area (Å²) in [5.74, 6) is -0.443. The lowest BCUT2D eigenvalue weighted by Gasteiger charge is -2.31. The maximum atomic E-state index is 13.4. The lowest BCUT2D eigenvalue weighted by molar-refractivity contribution is -0.139. The summed E-state index contributed by atoms with van der Waals surface area (Å²) >= 11 is 0. The van der Waals surface area contributed by atoms with Crippen LogP contribution in [-0.4, -0.2) is 57.1 Å². The molecular formula is C23H31N3O5S. The van der Waals surface area contributed by atoms with E-state index in [2.05, 4.69) is 5.32 Å². The highest BCUT2D eigenvalue weighted by Crippen LogP contribution is 2.30. The second kappa shape index (κ2) is 11.5. The van der Waals surface area contributed by atoms with Crippen LogP contribution in [0.5, 0.6) is 5.75 Å². The minimum Gasteiger partial charge on any atom is -0.492 e. The van der Waals surface area contributed by atoms with Crippen LogP contribution in [0.2, 0.25) is 0 Å². The summed E-state index contributed by atoms with van der Waals surface area (Å²) in [4.78, 5) is 27.3. The number of likely N-dealkylation sites (N-methyl/N-ethyl adjacent to an activating group) is 1. The second-order valence-corrected chi connectivity index (χ2v) is 9.15. The van der Waals surface area contributed by atoms with Crippen LogP contribution in [0.4, 0.5) is 5.69 Å². The molecule has 0 aliphatic rings. The van der Waals surface area contributed by atoms with Crippen molar-refractivity contribution in [2.75, 3.05) is 30.3 Å². The topological polar surface area (TPSA) is 96.0 Å². The Balaban J connectivity index is 2.40. The van der Waals surface area contributed by atoms with E-state index in [1.165, 1.54) is 4.90 Å². The zero-order valence-electron chi connectivity index (χ0n) is 18.9. The Morgan fingerprint density at radius 2 is 1.66 bits per heavy atom. The van der Waals surface area contributed by atoms with E-state index in [9.17, 15) is 18.0 Å². The van der Waals surface area contributed by atoms with Gasteiger partial charge >= 0.3 is 0 Å². The molecule has 0 aliphatic carbocycles. The number of carbonyl (C=O) groups excluding carboxylic acids is 2. The van der Waals surface area contributed by atoms with Crippen LogP contribution in [0.15, 0.2) is 54.6 Å². The lowest BCUT2D eigenvalue weighted by Crippen LogP contribution is -2.51. The van der Waals surface area contributed by atoms with Crippen molar-refractivity contribution >= 4 is 27.5 Å². The summed E-state index contributed by atoms with van der Waals surface area (Å²) in [7, 11) is -3.81. The van der Waals surface area contributed by atoms with Crippen molar-refractivity contribution in [1.82, 2.24) is 10.2 Å². The van der Waals surface area contributed by atoms with Crippen LogP contribution < -0.4 is 14.4 Å². The predicted octanol–water partition coefficient (Wildman–Crippen LogP) is 2.40. The monoisotopic (exact) mass is 461 g/mol. The van der Waals surface area contributed by atoms with E-state index in [0.29, 0.717) is 18.9 Å². The van der Waals surface area contributed by atoms with E-state index < -0.39 is 28.5 Å². The maximum Gasteiger partial charge on any atom is 0.244 e. The fourth-order valence-corrected chi connectivity index (χ4v) is 4.07. The van der Waals surface area contributed by atoms with Crippen molar-refractivity contribution in [3.05, 3.63) is 60.2 Å². The number of carbonyl (C=O) groups is 2. The molecule has 2 amide bonds. The van der Waals surface area contributed by atoms with Gasteiger partial charge in [-0.3, -0.25) is 13.9 Å². The number of nitrogens with zero attached hydrogens (tertiary/aromatic N) is 2. The number of nitrogens with one attached hydrogen (secondary N) is 1. The zero-order valence-corrected chi connectivity index (χ0v) is 19.8. The first kappa shape index (κ1) is 25.2. The summed E-state index contributed by atoms with van der Waals surface area (Å²) in [6.45, 7) is 5.70. The minimum atomic E-state index is -3.81. The van der Waals surface area contributed by atoms with Gasteiger partial charge in [0, 0.05) is 13.1 Å². The quantitative estimate of drug-likeness (QED) is 0.554. The van der Waals surface area contributed by atoms with E-state index in [0.717, 1.165) is 16.1 Å². The molecule has 0 aliphatic heterocycles. The highest BCUT2D eigenvalue weighted by Gasteiger charge is 2.30. The lowest BCUT2D eigenvalue weighted by atomic mass is 10.1. The third-order valence-corrected chi connectivity index (χ3v) is 5.95. The minimum absolute atomic E-state index is 0.169. The van der Waals surface area contributed by atoms with Crippen molar-refractivity contribution in [3.63, 3.8) is 0 Å². The van der Waals surface area contributed by atoms with E-state index in [4.69, 9.17) is 4.74 Å². The van der Waals surface area contributed by atoms with Crippen molar-refractivity contribution in [3.8, 4) is 5.75 Å². The molecule has 0 fully saturated rings. The van der Waals surface area contributed by atoms with E-state index in [-0.39, 0.29) is 18.1 Å². The number of sulfonamides is 1. The molecule has 2 rings (SSSR count). The van der Waals surface area contributed by atoms with Crippen LogP contribution in [0.1, 0.15) is 26.3 Å². The zero-order chi connectivity index (χ0) is 23.7. The van der Waals surface area contributed by atoms with Crippen molar-refractivity contribution in [1.29, 1.82) is 0 Å². The average molecular weight is 462 g/mol. The van der Waals surface area contributed by atoms with Gasteiger partial charge < -0.3 is 15.0 Å². The van der Waals surface area contributed by atoms with Gasteiger partial charge in [0.15, 0.2) is 0 Å². The van der Waals surface area contributed by atoms with Gasteiger partial charge in [0.05, 0.1) is 18.6 Å². The van der Waals surface area contributed by atoms with Gasteiger partial charge in [0.25, 0.3) is 0 Å². The highest BCUT2D eigenvalue weighted by molar-refractivity contribution is 7.92. The number of hydrogen-bond donors (Lipinski definition) is 1. The average Bonchev–Trinajstić information content (AvgIpc) is 2.76. The molecule has 0 aromatic heterocycles. The third-order valence-electron chi connectivity index (χ3n) is 4.83. The molecule has 1 N–H and O–H groups in total. The molecular weight excluding hydrogens is 430 g/mol. The summed E-state index contributed by atoms with van der Waals surface area (Å²) in [5.41, 5.74) is 1.10. The SMILES string of the molecule is CCNC(=O)[C@H](C)N(Cc1ccccc1)C(=O)CN(c1ccccc1OCC)S(C)(=O)=O. The van der Waals surface area contributed by atoms with Gasteiger partial charge in [-0.1, -0.05) is 42.5 Å². The molecule has 9 heteroatoms. The molecule has 0 bridgehead atoms. The Hall–Kier alpha value is -3.07. The molecule has 0 spiro atoms. The smallest absolute Gasteiger partial charge is 0.244 e. The van der Waals surface area contributed by atoms with Gasteiger partial charge in [0.1, 0.15) is 18.3 Å². The van der Waals surface area contributed by atoms with Gasteiger partial charge in [-0.15, -0.1) is 0 Å². The maximum absolute atomic E-state index is 13.4. The molecule has 0 heterocycles. The number of benzene rings is 2. The molecule has 2 aromatic rings. The van der Waals surface area contributed by atoms with Crippen molar-refractivity contribution in [2.24, 2.45) is 0 Å². The largest absolute Gasteiger partial charge is 0.492 e. The summed E-state index contributed by atoms with van der Waals surface area (Å²) in [5, 5.41) is 2.72. The van der Waals surface area contributed by atoms with Crippen LogP contribution in [-0.2, 0) is 26.2 Å². The summed E-state index contributed by atoms with van der Waals surface area (Å²) in [6, 6.07) is 15.1. The van der Waals surface area contributed by atoms with Crippen LogP contribution in [0.25, 0.3) is 0 Å². The van der Waals surface area contributed by atoms with Crippen molar-refractivity contribution < 1.29 is 22.7 Å². The molecule has 2 aromatic carbocycles. The Bertz CT molecular complexity index is 1010. The number of para-hydroxylation sites is 2. The first-order chi connectivity index (χ1) is 15.2. The molecule has 0 saturated carbocycles. The van der Waals surface area contributed by atoms with Crippen molar-refractivity contribution in [2.45, 2.75) is 33.4 Å². The highest BCUT2D eigenvalue weighted by atomic mass is 32.2. The number of hydrogen-bond acceptors (Lipinski definition) is 5. The third kappa shape index (κ3) is 6.71. The number of ether oxygens (including phenoxy) is 1. The molecule has 8 nitrogen and oxygen atoms in total. The standard InChI is InChI=1S/C23H31N3O5S/c1-5-24-23(28)18(3)25(16-19-12-8-7-9-13-19)22(27)17-26(32(4,29)30)20-14-10-11-15-21(20)31-6-2/h7-15,18H,5-6,16-17H2,1-4H3,(H,24,28)/t18-/m0/s1. The summed E-state index contributed by atoms with van der Waals surface area (Å²) in [6.07, 6.45) is 1.04. The Morgan fingerprint density at radius 3 is 2.25 bits per heavy atom. The molecule has 0 radical (unpaired) electrons. The van der Waals surface area contributed by atoms with Crippen LogP contribution in [0, 0.1) is 0 Å².